The first-order valence-corrected chi connectivity index (χ1v) is 14.0. The summed E-state index contributed by atoms with van der Waals surface area (Å²) in [4.78, 5) is 51.3. The van der Waals surface area contributed by atoms with E-state index in [9.17, 15) is 24.5 Å². The summed E-state index contributed by atoms with van der Waals surface area (Å²) in [6.45, 7) is 6.04. The maximum Gasteiger partial charge on any atom is 0.407 e. The van der Waals surface area contributed by atoms with E-state index in [1.165, 1.54) is 18.2 Å². The van der Waals surface area contributed by atoms with Crippen LogP contribution in [0.15, 0.2) is 60.7 Å². The first kappa shape index (κ1) is 30.3. The molecule has 0 aromatic heterocycles. The summed E-state index contributed by atoms with van der Waals surface area (Å²) in [5, 5.41) is 18.8. The molecule has 1 aliphatic heterocycles. The van der Waals surface area contributed by atoms with Crippen molar-refractivity contribution < 1.29 is 24.0 Å². The zero-order valence-corrected chi connectivity index (χ0v) is 24.1. The Morgan fingerprint density at radius 1 is 1.10 bits per heavy atom. The lowest BCUT2D eigenvalue weighted by Crippen LogP contribution is -2.47. The largest absolute Gasteiger partial charge is 0.444 e. The zero-order chi connectivity index (χ0) is 30.4. The van der Waals surface area contributed by atoms with Crippen LogP contribution in [0, 0.1) is 16.0 Å². The van der Waals surface area contributed by atoms with Gasteiger partial charge in [0.25, 0.3) is 5.69 Å². The van der Waals surface area contributed by atoms with Gasteiger partial charge in [-0.05, 0) is 62.4 Å². The number of carbonyl (C=O) groups is 3. The van der Waals surface area contributed by atoms with Crippen molar-refractivity contribution in [1.82, 2.24) is 10.2 Å². The van der Waals surface area contributed by atoms with Gasteiger partial charge >= 0.3 is 6.09 Å². The van der Waals surface area contributed by atoms with Crippen LogP contribution < -0.4 is 16.4 Å². The van der Waals surface area contributed by atoms with E-state index < -0.39 is 28.6 Å². The molecular weight excluding hydrogens is 538 g/mol. The summed E-state index contributed by atoms with van der Waals surface area (Å²) < 4.78 is 5.46. The first-order valence-electron chi connectivity index (χ1n) is 14.0. The van der Waals surface area contributed by atoms with E-state index in [1.54, 1.807) is 25.7 Å². The van der Waals surface area contributed by atoms with Crippen molar-refractivity contribution in [1.29, 1.82) is 0 Å². The van der Waals surface area contributed by atoms with Crippen molar-refractivity contribution in [3.63, 3.8) is 0 Å². The normalized spacial score (nSPS) is 16.0. The number of fused-ring (bicyclic) bond motifs is 1. The minimum Gasteiger partial charge on any atom is -0.444 e. The standard InChI is InChI=1S/C31H37N5O6/c1-31(2,3)42-30(39)33-24(16-20-10-11-21-7-4-5-8-22(21)15-20)17-28(37)35-14-6-9-23(19-35)29(38)34-27-13-12-25(36(40)41)18-26(27)32/h4-5,7-8,10-13,15,18,23-24H,6,9,14,16-17,19,32H2,1-3H3,(H,33,39)(H,34,38). The number of nitrogens with two attached hydrogens (primary N) is 1. The summed E-state index contributed by atoms with van der Waals surface area (Å²) in [5.41, 5.74) is 6.39. The number of nitrogens with one attached hydrogen (secondary N) is 2. The van der Waals surface area contributed by atoms with Crippen LogP contribution in [0.2, 0.25) is 0 Å². The topological polar surface area (TPSA) is 157 Å². The fraction of sp³-hybridized carbons (Fsp3) is 0.387. The van der Waals surface area contributed by atoms with E-state index in [-0.39, 0.29) is 41.8 Å². The number of nitrogens with zero attached hydrogens (tertiary/aromatic N) is 2. The van der Waals surface area contributed by atoms with Gasteiger partial charge in [0.05, 0.1) is 22.2 Å². The maximum atomic E-state index is 13.5. The van der Waals surface area contributed by atoms with Gasteiger partial charge < -0.3 is 26.0 Å². The fourth-order valence-corrected chi connectivity index (χ4v) is 5.07. The average molecular weight is 576 g/mol. The second-order valence-corrected chi connectivity index (χ2v) is 11.6. The third kappa shape index (κ3) is 8.18. The Balaban J connectivity index is 1.43. The van der Waals surface area contributed by atoms with Crippen molar-refractivity contribution in [3.05, 3.63) is 76.3 Å². The Morgan fingerprint density at radius 2 is 1.83 bits per heavy atom. The Morgan fingerprint density at radius 3 is 2.52 bits per heavy atom. The number of carbonyl (C=O) groups excluding carboxylic acids is 3. The number of nitro benzene ring substituents is 1. The molecule has 1 fully saturated rings. The van der Waals surface area contributed by atoms with Gasteiger partial charge in [-0.25, -0.2) is 4.79 Å². The molecule has 1 saturated heterocycles. The summed E-state index contributed by atoms with van der Waals surface area (Å²) in [6, 6.07) is 17.4. The second kappa shape index (κ2) is 12.9. The fourth-order valence-electron chi connectivity index (χ4n) is 5.07. The van der Waals surface area contributed by atoms with Gasteiger partial charge in [-0.1, -0.05) is 42.5 Å². The molecule has 1 aliphatic rings. The molecule has 4 rings (SSSR count). The number of non-ortho nitro benzene ring substituents is 1. The summed E-state index contributed by atoms with van der Waals surface area (Å²) in [7, 11) is 0. The smallest absolute Gasteiger partial charge is 0.407 e. The molecule has 2 unspecified atom stereocenters. The predicted octanol–water partition coefficient (Wildman–Crippen LogP) is 5.03. The average Bonchev–Trinajstić information content (AvgIpc) is 2.92. The van der Waals surface area contributed by atoms with Crippen LogP contribution in [-0.4, -0.2) is 52.5 Å². The van der Waals surface area contributed by atoms with Crippen molar-refractivity contribution in [2.24, 2.45) is 5.92 Å². The highest BCUT2D eigenvalue weighted by atomic mass is 16.6. The third-order valence-electron chi connectivity index (χ3n) is 7.09. The van der Waals surface area contributed by atoms with Crippen LogP contribution in [0.25, 0.3) is 10.8 Å². The molecule has 1 heterocycles. The number of alkyl carbamates (subject to hydrolysis) is 1. The minimum absolute atomic E-state index is 0.0374. The van der Waals surface area contributed by atoms with E-state index in [0.29, 0.717) is 25.8 Å². The Kier molecular flexibility index (Phi) is 9.29. The van der Waals surface area contributed by atoms with E-state index in [4.69, 9.17) is 10.5 Å². The molecule has 11 nitrogen and oxygen atoms in total. The van der Waals surface area contributed by atoms with Crippen molar-refractivity contribution in [2.75, 3.05) is 24.1 Å². The van der Waals surface area contributed by atoms with Crippen molar-refractivity contribution >= 4 is 45.7 Å². The highest BCUT2D eigenvalue weighted by molar-refractivity contribution is 5.96. The molecule has 3 amide bonds. The number of nitrogen functional groups attached to an aromatic ring is 1. The first-order chi connectivity index (χ1) is 19.9. The number of benzene rings is 3. The molecule has 222 valence electrons. The van der Waals surface area contributed by atoms with Gasteiger partial charge in [-0.2, -0.15) is 0 Å². The van der Waals surface area contributed by atoms with E-state index in [2.05, 4.69) is 16.7 Å². The van der Waals surface area contributed by atoms with Crippen molar-refractivity contribution in [2.45, 2.75) is 58.1 Å². The number of piperidine rings is 1. The van der Waals surface area contributed by atoms with Gasteiger partial charge in [0.1, 0.15) is 5.60 Å². The van der Waals surface area contributed by atoms with Gasteiger partial charge in [0.15, 0.2) is 0 Å². The summed E-state index contributed by atoms with van der Waals surface area (Å²) in [5.74, 6) is -0.966. The van der Waals surface area contributed by atoms with Gasteiger partial charge in [-0.15, -0.1) is 0 Å². The van der Waals surface area contributed by atoms with Crippen LogP contribution in [0.3, 0.4) is 0 Å². The lowest BCUT2D eigenvalue weighted by atomic mass is 9.95. The molecule has 2 atom stereocenters. The number of ether oxygens (including phenoxy) is 1. The highest BCUT2D eigenvalue weighted by Crippen LogP contribution is 2.26. The molecule has 0 saturated carbocycles. The van der Waals surface area contributed by atoms with E-state index in [0.717, 1.165) is 16.3 Å². The molecule has 0 radical (unpaired) electrons. The molecular formula is C31H37N5O6. The minimum atomic E-state index is -0.692. The van der Waals surface area contributed by atoms with Crippen LogP contribution in [0.5, 0.6) is 0 Å². The number of hydrogen-bond acceptors (Lipinski definition) is 7. The number of rotatable bonds is 8. The van der Waals surface area contributed by atoms with E-state index >= 15 is 0 Å². The third-order valence-corrected chi connectivity index (χ3v) is 7.09. The number of hydrogen-bond donors (Lipinski definition) is 3. The monoisotopic (exact) mass is 575 g/mol. The summed E-state index contributed by atoms with van der Waals surface area (Å²) in [6.07, 6.45) is 1.08. The van der Waals surface area contributed by atoms with E-state index in [1.807, 2.05) is 36.4 Å². The molecule has 0 bridgehead atoms. The second-order valence-electron chi connectivity index (χ2n) is 11.6. The van der Waals surface area contributed by atoms with Crippen LogP contribution in [-0.2, 0) is 20.7 Å². The quantitative estimate of drug-likeness (QED) is 0.193. The van der Waals surface area contributed by atoms with Gasteiger partial charge in [0, 0.05) is 37.7 Å². The molecule has 11 heteroatoms. The lowest BCUT2D eigenvalue weighted by Gasteiger charge is -2.33. The number of nitro groups is 1. The van der Waals surface area contributed by atoms with Gasteiger partial charge in [-0.3, -0.25) is 19.7 Å². The Labute approximate surface area is 244 Å². The van der Waals surface area contributed by atoms with Crippen LogP contribution >= 0.6 is 0 Å². The Hall–Kier alpha value is -4.67. The molecule has 42 heavy (non-hydrogen) atoms. The number of likely N-dealkylation sites (tertiary alicyclic amines) is 1. The lowest BCUT2D eigenvalue weighted by molar-refractivity contribution is -0.384. The molecule has 0 aliphatic carbocycles. The van der Waals surface area contributed by atoms with Crippen molar-refractivity contribution in [3.8, 4) is 0 Å². The Bertz CT molecular complexity index is 1480. The maximum absolute atomic E-state index is 13.5. The van der Waals surface area contributed by atoms with Crippen LogP contribution in [0.1, 0.15) is 45.6 Å². The molecule has 4 N–H and O–H groups in total. The zero-order valence-electron chi connectivity index (χ0n) is 24.1. The molecule has 0 spiro atoms. The van der Waals surface area contributed by atoms with Crippen LogP contribution in [0.4, 0.5) is 21.9 Å². The highest BCUT2D eigenvalue weighted by Gasteiger charge is 2.31. The van der Waals surface area contributed by atoms with Gasteiger partial charge in [0.2, 0.25) is 11.8 Å². The number of anilines is 2. The molecule has 3 aromatic rings. The summed E-state index contributed by atoms with van der Waals surface area (Å²) >= 11 is 0. The SMILES string of the molecule is CC(C)(C)OC(=O)NC(CC(=O)N1CCCC(C(=O)Nc2ccc([N+](=O)[O-])cc2N)C1)Cc1ccc2ccccc2c1. The predicted molar refractivity (Wildman–Crippen MR) is 161 cm³/mol. The molecule has 3 aromatic carbocycles. The number of amides is 3.